The number of rotatable bonds is 2. The van der Waals surface area contributed by atoms with E-state index in [1.807, 2.05) is 24.3 Å². The lowest BCUT2D eigenvalue weighted by molar-refractivity contribution is -0.139. The van der Waals surface area contributed by atoms with Crippen molar-refractivity contribution in [1.29, 1.82) is 0 Å². The highest BCUT2D eigenvalue weighted by atomic mass is 19.4. The molecule has 0 saturated carbocycles. The van der Waals surface area contributed by atoms with Gasteiger partial charge in [-0.1, -0.05) is 30.3 Å². The summed E-state index contributed by atoms with van der Waals surface area (Å²) in [5.74, 6) is -1.49. The van der Waals surface area contributed by atoms with Crippen molar-refractivity contribution in [2.75, 3.05) is 5.32 Å². The first-order valence-electron chi connectivity index (χ1n) is 7.34. The summed E-state index contributed by atoms with van der Waals surface area (Å²) in [7, 11) is 0. The van der Waals surface area contributed by atoms with Gasteiger partial charge in [0, 0.05) is 6.04 Å². The van der Waals surface area contributed by atoms with Crippen molar-refractivity contribution in [1.82, 2.24) is 5.32 Å². The number of urea groups is 1. The molecule has 1 aliphatic rings. The van der Waals surface area contributed by atoms with Gasteiger partial charge in [-0.2, -0.15) is 13.2 Å². The molecule has 0 saturated heterocycles. The van der Waals surface area contributed by atoms with Crippen LogP contribution in [0, 0.1) is 5.82 Å². The van der Waals surface area contributed by atoms with Crippen LogP contribution in [-0.2, 0) is 19.0 Å². The molecule has 126 valence electrons. The summed E-state index contributed by atoms with van der Waals surface area (Å²) in [5.41, 5.74) is 0.326. The minimum absolute atomic E-state index is 0.170. The molecule has 0 atom stereocenters. The first-order chi connectivity index (χ1) is 11.3. The van der Waals surface area contributed by atoms with Crippen molar-refractivity contribution in [2.45, 2.75) is 25.1 Å². The average Bonchev–Trinajstić information content (AvgIpc) is 2.90. The molecule has 3 rings (SSSR count). The fraction of sp³-hybridized carbons (Fsp3) is 0.235. The van der Waals surface area contributed by atoms with E-state index in [4.69, 9.17) is 0 Å². The summed E-state index contributed by atoms with van der Waals surface area (Å²) in [6.07, 6.45) is -3.55. The topological polar surface area (TPSA) is 41.1 Å². The summed E-state index contributed by atoms with van der Waals surface area (Å²) in [6, 6.07) is 9.59. The molecule has 2 aromatic rings. The molecule has 2 amide bonds. The van der Waals surface area contributed by atoms with Gasteiger partial charge in [0.25, 0.3) is 0 Å². The van der Waals surface area contributed by atoms with Crippen LogP contribution in [0.3, 0.4) is 0 Å². The first kappa shape index (κ1) is 16.3. The molecule has 0 fully saturated rings. The Morgan fingerprint density at radius 3 is 2.21 bits per heavy atom. The summed E-state index contributed by atoms with van der Waals surface area (Å²) in [5, 5.41) is 4.81. The van der Waals surface area contributed by atoms with E-state index in [0.717, 1.165) is 23.3 Å². The van der Waals surface area contributed by atoms with Crippen LogP contribution in [0.25, 0.3) is 0 Å². The third-order valence-electron chi connectivity index (χ3n) is 3.94. The van der Waals surface area contributed by atoms with E-state index in [-0.39, 0.29) is 6.04 Å². The Hall–Kier alpha value is -2.57. The number of halogens is 4. The van der Waals surface area contributed by atoms with Crippen molar-refractivity contribution >= 4 is 11.7 Å². The molecule has 3 nitrogen and oxygen atoms in total. The fourth-order valence-corrected chi connectivity index (χ4v) is 2.85. The van der Waals surface area contributed by atoms with Gasteiger partial charge in [-0.15, -0.1) is 0 Å². The predicted octanol–water partition coefficient (Wildman–Crippen LogP) is 4.13. The second-order valence-corrected chi connectivity index (χ2v) is 5.64. The zero-order chi connectivity index (χ0) is 17.3. The van der Waals surface area contributed by atoms with Crippen molar-refractivity contribution in [2.24, 2.45) is 0 Å². The molecular formula is C17H14F4N2O. The molecule has 1 aliphatic carbocycles. The number of hydrogen-bond acceptors (Lipinski definition) is 1. The Balaban J connectivity index is 1.66. The lowest BCUT2D eigenvalue weighted by atomic mass is 10.1. The first-order valence-corrected chi connectivity index (χ1v) is 7.34. The summed E-state index contributed by atoms with van der Waals surface area (Å²) in [4.78, 5) is 12.0. The van der Waals surface area contributed by atoms with Crippen LogP contribution in [0.2, 0.25) is 0 Å². The maximum Gasteiger partial charge on any atom is 0.419 e. The van der Waals surface area contributed by atoms with Crippen LogP contribution >= 0.6 is 0 Å². The molecule has 0 radical (unpaired) electrons. The number of benzene rings is 2. The van der Waals surface area contributed by atoms with Gasteiger partial charge >= 0.3 is 12.2 Å². The molecule has 0 spiro atoms. The van der Waals surface area contributed by atoms with Gasteiger partial charge in [0.1, 0.15) is 0 Å². The molecule has 0 aliphatic heterocycles. The van der Waals surface area contributed by atoms with Gasteiger partial charge in [-0.3, -0.25) is 0 Å². The van der Waals surface area contributed by atoms with Crippen LogP contribution in [0.15, 0.2) is 42.5 Å². The van der Waals surface area contributed by atoms with Crippen LogP contribution in [0.1, 0.15) is 16.7 Å². The van der Waals surface area contributed by atoms with Gasteiger partial charge in [0.15, 0.2) is 5.82 Å². The lowest BCUT2D eigenvalue weighted by Gasteiger charge is -2.15. The van der Waals surface area contributed by atoms with Crippen LogP contribution < -0.4 is 10.6 Å². The standard InChI is InChI=1S/C17H14F4N2O/c18-15-13(17(19,20)21)6-3-7-14(15)23-16(24)22-12-8-10-4-1-2-5-11(10)9-12/h1-7,12H,8-9H2,(H2,22,23,24). The Morgan fingerprint density at radius 2 is 1.62 bits per heavy atom. The van der Waals surface area contributed by atoms with E-state index in [2.05, 4.69) is 10.6 Å². The SMILES string of the molecule is O=C(Nc1cccc(C(F)(F)F)c1F)NC1Cc2ccccc2C1. The van der Waals surface area contributed by atoms with Crippen LogP contribution in [-0.4, -0.2) is 12.1 Å². The Kier molecular flexibility index (Phi) is 4.17. The molecule has 0 unspecified atom stereocenters. The molecule has 0 aromatic heterocycles. The predicted molar refractivity (Wildman–Crippen MR) is 81.2 cm³/mol. The van der Waals surface area contributed by atoms with Gasteiger partial charge in [-0.25, -0.2) is 9.18 Å². The van der Waals surface area contributed by atoms with Crippen molar-refractivity contribution in [3.8, 4) is 0 Å². The second kappa shape index (κ2) is 6.14. The number of anilines is 1. The van der Waals surface area contributed by atoms with Gasteiger partial charge in [-0.05, 0) is 36.1 Å². The molecule has 2 aromatic carbocycles. The average molecular weight is 338 g/mol. The van der Waals surface area contributed by atoms with E-state index in [9.17, 15) is 22.4 Å². The maximum atomic E-state index is 13.9. The second-order valence-electron chi connectivity index (χ2n) is 5.64. The highest BCUT2D eigenvalue weighted by molar-refractivity contribution is 5.89. The number of hydrogen-bond donors (Lipinski definition) is 2. The quantitative estimate of drug-likeness (QED) is 0.794. The molecule has 2 N–H and O–H groups in total. The van der Waals surface area contributed by atoms with E-state index in [1.54, 1.807) is 0 Å². The number of alkyl halides is 3. The zero-order valence-electron chi connectivity index (χ0n) is 12.5. The van der Waals surface area contributed by atoms with Crippen LogP contribution in [0.4, 0.5) is 28.0 Å². The Bertz CT molecular complexity index is 748. The number of fused-ring (bicyclic) bond motifs is 1. The number of amides is 2. The molecule has 0 bridgehead atoms. The Labute approximate surface area is 135 Å². The minimum atomic E-state index is -4.81. The summed E-state index contributed by atoms with van der Waals surface area (Å²) < 4.78 is 51.9. The number of carbonyl (C=O) groups is 1. The Morgan fingerprint density at radius 1 is 1.00 bits per heavy atom. The van der Waals surface area contributed by atoms with E-state index >= 15 is 0 Å². The highest BCUT2D eigenvalue weighted by Gasteiger charge is 2.35. The van der Waals surface area contributed by atoms with Crippen molar-refractivity contribution in [3.63, 3.8) is 0 Å². The molecule has 0 heterocycles. The van der Waals surface area contributed by atoms with E-state index < -0.39 is 29.3 Å². The van der Waals surface area contributed by atoms with Gasteiger partial charge < -0.3 is 10.6 Å². The number of nitrogens with one attached hydrogen (secondary N) is 2. The fourth-order valence-electron chi connectivity index (χ4n) is 2.85. The van der Waals surface area contributed by atoms with Crippen molar-refractivity contribution in [3.05, 3.63) is 65.0 Å². The smallest absolute Gasteiger partial charge is 0.334 e. The largest absolute Gasteiger partial charge is 0.419 e. The maximum absolute atomic E-state index is 13.9. The molecular weight excluding hydrogens is 324 g/mol. The normalized spacial score (nSPS) is 14.3. The van der Waals surface area contributed by atoms with Crippen LogP contribution in [0.5, 0.6) is 0 Å². The molecule has 7 heteroatoms. The monoisotopic (exact) mass is 338 g/mol. The van der Waals surface area contributed by atoms with E-state index in [1.165, 1.54) is 0 Å². The van der Waals surface area contributed by atoms with Crippen molar-refractivity contribution < 1.29 is 22.4 Å². The summed E-state index contributed by atoms with van der Waals surface area (Å²) >= 11 is 0. The van der Waals surface area contributed by atoms with Gasteiger partial charge in [0.2, 0.25) is 0 Å². The third kappa shape index (κ3) is 3.34. The highest BCUT2D eigenvalue weighted by Crippen LogP contribution is 2.33. The zero-order valence-corrected chi connectivity index (χ0v) is 12.5. The van der Waals surface area contributed by atoms with E-state index in [0.29, 0.717) is 18.9 Å². The van der Waals surface area contributed by atoms with Gasteiger partial charge in [0.05, 0.1) is 11.3 Å². The third-order valence-corrected chi connectivity index (χ3v) is 3.94. The lowest BCUT2D eigenvalue weighted by Crippen LogP contribution is -2.38. The molecule has 24 heavy (non-hydrogen) atoms. The number of carbonyl (C=O) groups excluding carboxylic acids is 1. The minimum Gasteiger partial charge on any atom is -0.334 e. The summed E-state index contributed by atoms with van der Waals surface area (Å²) in [6.45, 7) is 0.